The van der Waals surface area contributed by atoms with E-state index in [2.05, 4.69) is 55.4 Å². The molecular weight excluding hydrogens is 217 g/mol. The van der Waals surface area contributed by atoms with Gasteiger partial charge >= 0.3 is 0 Å². The van der Waals surface area contributed by atoms with E-state index in [1.165, 1.54) is 30.2 Å². The van der Waals surface area contributed by atoms with Crippen LogP contribution < -0.4 is 0 Å². The van der Waals surface area contributed by atoms with Crippen molar-refractivity contribution >= 4 is 8.41 Å². The summed E-state index contributed by atoms with van der Waals surface area (Å²) in [5.74, 6) is 0. The van der Waals surface area contributed by atoms with E-state index in [1.54, 1.807) is 0 Å². The van der Waals surface area contributed by atoms with Crippen molar-refractivity contribution in [1.29, 1.82) is 0 Å². The lowest BCUT2D eigenvalue weighted by atomic mass is 9.93. The minimum Gasteiger partial charge on any atom is -1.00 e. The Labute approximate surface area is 119 Å². The molecule has 0 aromatic rings. The van der Waals surface area contributed by atoms with Gasteiger partial charge in [0.05, 0.1) is 24.2 Å². The van der Waals surface area contributed by atoms with E-state index in [0.29, 0.717) is 0 Å². The number of nitrogens with zero attached hydrogens (tertiary/aromatic N) is 1. The second-order valence-corrected chi connectivity index (χ2v) is 5.92. The minimum absolute atomic E-state index is 0. The van der Waals surface area contributed by atoms with E-state index in [-0.39, 0.29) is 8.41 Å². The SMILES string of the molecule is CCC(C)[N+](C(C)CC)(C(C)CC)C(C)CC.[B-]. The van der Waals surface area contributed by atoms with E-state index in [4.69, 9.17) is 0 Å². The molecule has 4 radical (unpaired) electrons. The first-order valence-corrected chi connectivity index (χ1v) is 7.80. The fourth-order valence-electron chi connectivity index (χ4n) is 3.87. The monoisotopic (exact) mass is 253 g/mol. The Bertz CT molecular complexity index is 160. The summed E-state index contributed by atoms with van der Waals surface area (Å²) in [6.07, 6.45) is 5.16. The van der Waals surface area contributed by atoms with E-state index < -0.39 is 0 Å². The standard InChI is InChI=1S/C16H36N.B/c1-9-13(5)17(14(6)10-2,15(7)11-3)16(8)12-4;/h13-16H,9-12H2,1-8H3;/q+1;-1. The van der Waals surface area contributed by atoms with Crippen LogP contribution in [0.5, 0.6) is 0 Å². The summed E-state index contributed by atoms with van der Waals surface area (Å²) in [4.78, 5) is 0. The average Bonchev–Trinajstić information content (AvgIpc) is 2.37. The van der Waals surface area contributed by atoms with Gasteiger partial charge in [-0.25, -0.2) is 0 Å². The Balaban J connectivity index is 0. The van der Waals surface area contributed by atoms with E-state index in [9.17, 15) is 0 Å². The fraction of sp³-hybridized carbons (Fsp3) is 1.00. The molecule has 0 bridgehead atoms. The summed E-state index contributed by atoms with van der Waals surface area (Å²) in [7, 11) is 0. The highest BCUT2D eigenvalue weighted by Gasteiger charge is 2.45. The van der Waals surface area contributed by atoms with Crippen LogP contribution >= 0.6 is 0 Å². The van der Waals surface area contributed by atoms with Crippen LogP contribution in [0.1, 0.15) is 81.1 Å². The molecule has 0 aromatic heterocycles. The first kappa shape index (κ1) is 20.3. The first-order valence-electron chi connectivity index (χ1n) is 7.80. The van der Waals surface area contributed by atoms with Gasteiger partial charge < -0.3 is 12.9 Å². The average molecular weight is 253 g/mol. The zero-order valence-corrected chi connectivity index (χ0v) is 14.2. The fourth-order valence-corrected chi connectivity index (χ4v) is 3.87. The van der Waals surface area contributed by atoms with Crippen molar-refractivity contribution in [3.05, 3.63) is 0 Å². The summed E-state index contributed by atoms with van der Waals surface area (Å²) in [6, 6.07) is 3.09. The van der Waals surface area contributed by atoms with Crippen molar-refractivity contribution < 1.29 is 4.48 Å². The Morgan fingerprint density at radius 3 is 0.833 bits per heavy atom. The lowest BCUT2D eigenvalue weighted by Gasteiger charge is -2.55. The summed E-state index contributed by atoms with van der Waals surface area (Å²) in [5, 5.41) is 0. The van der Waals surface area contributed by atoms with Crippen molar-refractivity contribution in [2.75, 3.05) is 0 Å². The third-order valence-corrected chi connectivity index (χ3v) is 5.42. The highest BCUT2D eigenvalue weighted by molar-refractivity contribution is 5.75. The third-order valence-electron chi connectivity index (χ3n) is 5.42. The predicted molar refractivity (Wildman–Crippen MR) is 85.0 cm³/mol. The van der Waals surface area contributed by atoms with Gasteiger partial charge in [-0.15, -0.1) is 0 Å². The molecule has 0 aromatic carbocycles. The summed E-state index contributed by atoms with van der Waals surface area (Å²) in [6.45, 7) is 19.3. The van der Waals surface area contributed by atoms with E-state index >= 15 is 0 Å². The molecule has 0 N–H and O–H groups in total. The van der Waals surface area contributed by atoms with Crippen LogP contribution in [-0.2, 0) is 0 Å². The Morgan fingerprint density at radius 1 is 0.556 bits per heavy atom. The van der Waals surface area contributed by atoms with Gasteiger partial charge in [0.15, 0.2) is 0 Å². The molecule has 0 aliphatic rings. The van der Waals surface area contributed by atoms with Gasteiger partial charge in [0.2, 0.25) is 0 Å². The third kappa shape index (κ3) is 3.53. The number of hydrogen-bond acceptors (Lipinski definition) is 0. The van der Waals surface area contributed by atoms with E-state index in [0.717, 1.165) is 24.2 Å². The Kier molecular flexibility index (Phi) is 10.2. The molecule has 0 saturated carbocycles. The second kappa shape index (κ2) is 9.01. The van der Waals surface area contributed by atoms with Gasteiger partial charge in [-0.05, 0) is 53.4 Å². The lowest BCUT2D eigenvalue weighted by molar-refractivity contribution is -1.01. The van der Waals surface area contributed by atoms with Crippen LogP contribution in [0, 0.1) is 0 Å². The van der Waals surface area contributed by atoms with Gasteiger partial charge in [0.1, 0.15) is 0 Å². The number of rotatable bonds is 8. The molecular formula is C16H36BN. The molecule has 0 aliphatic heterocycles. The maximum absolute atomic E-state index is 2.46. The molecule has 2 heteroatoms. The molecule has 0 amide bonds. The van der Waals surface area contributed by atoms with Crippen molar-refractivity contribution in [2.24, 2.45) is 0 Å². The predicted octanol–water partition coefficient (Wildman–Crippen LogP) is 4.62. The molecule has 4 atom stereocenters. The van der Waals surface area contributed by atoms with Crippen LogP contribution in [0.15, 0.2) is 0 Å². The van der Waals surface area contributed by atoms with E-state index in [1.807, 2.05) is 0 Å². The number of quaternary nitrogens is 1. The van der Waals surface area contributed by atoms with Gasteiger partial charge in [-0.2, -0.15) is 0 Å². The van der Waals surface area contributed by atoms with Crippen LogP contribution in [0.4, 0.5) is 0 Å². The summed E-state index contributed by atoms with van der Waals surface area (Å²) < 4.78 is 1.32. The Morgan fingerprint density at radius 2 is 0.722 bits per heavy atom. The maximum atomic E-state index is 2.46. The quantitative estimate of drug-likeness (QED) is 0.437. The van der Waals surface area contributed by atoms with Crippen molar-refractivity contribution in [2.45, 2.75) is 105 Å². The highest BCUT2D eigenvalue weighted by Crippen LogP contribution is 2.34. The molecule has 108 valence electrons. The van der Waals surface area contributed by atoms with Crippen LogP contribution in [0.2, 0.25) is 0 Å². The number of hydrogen-bond donors (Lipinski definition) is 0. The van der Waals surface area contributed by atoms with Gasteiger partial charge in [0.25, 0.3) is 0 Å². The summed E-state index contributed by atoms with van der Waals surface area (Å²) >= 11 is 0. The highest BCUT2D eigenvalue weighted by atomic mass is 15.4. The zero-order valence-electron chi connectivity index (χ0n) is 14.2. The van der Waals surface area contributed by atoms with Crippen molar-refractivity contribution in [1.82, 2.24) is 0 Å². The molecule has 0 heterocycles. The lowest BCUT2D eigenvalue weighted by Crippen LogP contribution is -2.68. The van der Waals surface area contributed by atoms with Crippen molar-refractivity contribution in [3.63, 3.8) is 0 Å². The minimum atomic E-state index is 0. The topological polar surface area (TPSA) is 0 Å². The van der Waals surface area contributed by atoms with Crippen molar-refractivity contribution in [3.8, 4) is 0 Å². The normalized spacial score (nSPS) is 21.3. The molecule has 1 nitrogen and oxygen atoms in total. The molecule has 0 fully saturated rings. The van der Waals surface area contributed by atoms with Gasteiger partial charge in [-0.3, -0.25) is 0 Å². The van der Waals surface area contributed by atoms with Gasteiger partial charge in [-0.1, -0.05) is 27.7 Å². The molecule has 4 unspecified atom stereocenters. The maximum Gasteiger partial charge on any atom is 0.0865 e. The smallest absolute Gasteiger partial charge is 0.0865 e. The molecule has 0 saturated heterocycles. The Hall–Kier alpha value is 0.0249. The largest absolute Gasteiger partial charge is 1.00 e. The molecule has 0 aliphatic carbocycles. The molecule has 18 heavy (non-hydrogen) atoms. The van der Waals surface area contributed by atoms with Crippen LogP contribution in [-0.4, -0.2) is 37.1 Å². The molecule has 0 rings (SSSR count). The first-order chi connectivity index (χ1) is 7.93. The summed E-state index contributed by atoms with van der Waals surface area (Å²) in [5.41, 5.74) is 0. The molecule has 0 spiro atoms. The second-order valence-electron chi connectivity index (χ2n) is 5.92. The van der Waals surface area contributed by atoms with Crippen LogP contribution in [0.25, 0.3) is 0 Å². The van der Waals surface area contributed by atoms with Gasteiger partial charge in [0, 0.05) is 0 Å². The van der Waals surface area contributed by atoms with Crippen LogP contribution in [0.3, 0.4) is 0 Å². The zero-order chi connectivity index (χ0) is 13.6.